The number of esters is 1. The Kier molecular flexibility index (Phi) is 5.46. The minimum atomic E-state index is -0.722. The van der Waals surface area contributed by atoms with Crippen LogP contribution in [-0.4, -0.2) is 39.8 Å². The lowest BCUT2D eigenvalue weighted by molar-refractivity contribution is -0.129. The molecule has 2 aliphatic carbocycles. The third-order valence-corrected chi connectivity index (χ3v) is 9.73. The van der Waals surface area contributed by atoms with E-state index in [1.54, 1.807) is 39.0 Å². The summed E-state index contributed by atoms with van der Waals surface area (Å²) in [6, 6.07) is 6.42. The van der Waals surface area contributed by atoms with Crippen molar-refractivity contribution in [3.05, 3.63) is 29.8 Å². The molecular formula is C22H23Br2NO5. The Morgan fingerprint density at radius 2 is 1.57 bits per heavy atom. The van der Waals surface area contributed by atoms with E-state index in [0.29, 0.717) is 0 Å². The first kappa shape index (κ1) is 21.7. The standard InChI is InChI=1S/C22H23Br2NO5/c1-22(2,3)14(26)9-30-21(29)10-6-4-5-7-13(10)25-19(27)15-11-8-12(16(15)20(25)28)18(24)17(11)23/h4-7,11-12,15-18H,8-9H2,1-3H3/t11-,12-,15-,16-,17-,18+/m1/s1. The fourth-order valence-electron chi connectivity index (χ4n) is 4.85. The lowest BCUT2D eigenvalue weighted by atomic mass is 9.81. The number of benzene rings is 1. The number of alkyl halides is 2. The number of imide groups is 1. The predicted octanol–water partition coefficient (Wildman–Crippen LogP) is 3.74. The summed E-state index contributed by atoms with van der Waals surface area (Å²) >= 11 is 7.35. The molecular weight excluding hydrogens is 518 g/mol. The van der Waals surface area contributed by atoms with Crippen LogP contribution < -0.4 is 4.90 Å². The molecule has 3 aliphatic rings. The highest BCUT2D eigenvalue weighted by atomic mass is 79.9. The van der Waals surface area contributed by atoms with Gasteiger partial charge in [0.15, 0.2) is 12.4 Å². The van der Waals surface area contributed by atoms with Crippen LogP contribution in [0.3, 0.4) is 0 Å². The van der Waals surface area contributed by atoms with Crippen LogP contribution in [0.15, 0.2) is 24.3 Å². The number of rotatable bonds is 4. The first-order valence-electron chi connectivity index (χ1n) is 9.99. The molecule has 4 rings (SSSR count). The number of hydrogen-bond donors (Lipinski definition) is 0. The summed E-state index contributed by atoms with van der Waals surface area (Å²) in [7, 11) is 0. The highest BCUT2D eigenvalue weighted by molar-refractivity contribution is 9.12. The second kappa shape index (κ2) is 7.55. The van der Waals surface area contributed by atoms with Crippen LogP contribution in [0.2, 0.25) is 0 Å². The van der Waals surface area contributed by atoms with Crippen LogP contribution in [0.4, 0.5) is 5.69 Å². The Labute approximate surface area is 192 Å². The summed E-state index contributed by atoms with van der Waals surface area (Å²) in [5.74, 6) is -2.00. The molecule has 2 amide bonds. The van der Waals surface area contributed by atoms with E-state index in [2.05, 4.69) is 31.9 Å². The first-order valence-corrected chi connectivity index (χ1v) is 11.8. The van der Waals surface area contributed by atoms with Crippen LogP contribution in [0, 0.1) is 29.1 Å². The number of para-hydroxylation sites is 1. The summed E-state index contributed by atoms with van der Waals surface area (Å²) in [5.41, 5.74) is -0.290. The summed E-state index contributed by atoms with van der Waals surface area (Å²) in [6.45, 7) is 4.89. The summed E-state index contributed by atoms with van der Waals surface area (Å²) in [6.07, 6.45) is 0.838. The fourth-order valence-corrected chi connectivity index (χ4v) is 6.73. The molecule has 1 aromatic carbocycles. The van der Waals surface area contributed by atoms with E-state index in [1.807, 2.05) is 0 Å². The summed E-state index contributed by atoms with van der Waals surface area (Å²) in [5, 5.41) is 0. The quantitative estimate of drug-likeness (QED) is 0.330. The molecule has 3 fully saturated rings. The normalized spacial score (nSPS) is 32.5. The molecule has 6 atom stereocenters. The topological polar surface area (TPSA) is 80.8 Å². The number of halogens is 2. The van der Waals surface area contributed by atoms with Crippen LogP contribution in [0.25, 0.3) is 0 Å². The van der Waals surface area contributed by atoms with Gasteiger partial charge in [0.05, 0.1) is 23.1 Å². The maximum Gasteiger partial charge on any atom is 0.340 e. The van der Waals surface area contributed by atoms with E-state index >= 15 is 0 Å². The van der Waals surface area contributed by atoms with E-state index in [-0.39, 0.29) is 68.8 Å². The van der Waals surface area contributed by atoms with Crippen molar-refractivity contribution in [3.8, 4) is 0 Å². The maximum absolute atomic E-state index is 13.3. The van der Waals surface area contributed by atoms with Gasteiger partial charge >= 0.3 is 5.97 Å². The summed E-state index contributed by atoms with van der Waals surface area (Å²) in [4.78, 5) is 52.8. The predicted molar refractivity (Wildman–Crippen MR) is 118 cm³/mol. The number of Topliss-reactive ketones (excluding diaryl/α,β-unsaturated/α-hetero) is 1. The van der Waals surface area contributed by atoms with E-state index in [1.165, 1.54) is 6.07 Å². The number of ketones is 1. The molecule has 1 saturated heterocycles. The highest BCUT2D eigenvalue weighted by Crippen LogP contribution is 2.60. The molecule has 0 radical (unpaired) electrons. The van der Waals surface area contributed by atoms with Crippen molar-refractivity contribution in [2.24, 2.45) is 29.1 Å². The van der Waals surface area contributed by atoms with Crippen LogP contribution in [-0.2, 0) is 19.1 Å². The maximum atomic E-state index is 13.3. The van der Waals surface area contributed by atoms with Crippen molar-refractivity contribution >= 4 is 61.1 Å². The molecule has 0 aromatic heterocycles. The Balaban J connectivity index is 1.60. The van der Waals surface area contributed by atoms with E-state index in [9.17, 15) is 19.2 Å². The molecule has 160 valence electrons. The van der Waals surface area contributed by atoms with Crippen molar-refractivity contribution < 1.29 is 23.9 Å². The number of carbonyl (C=O) groups excluding carboxylic acids is 4. The SMILES string of the molecule is CC(C)(C)C(=O)COC(=O)c1ccccc1N1C(=O)[C@@H]2[C@H]3C[C@@H]([C@@H](Br)[C@H]3Br)[C@H]2C1=O. The van der Waals surface area contributed by atoms with Gasteiger partial charge in [0.2, 0.25) is 11.8 Å². The van der Waals surface area contributed by atoms with E-state index < -0.39 is 11.4 Å². The molecule has 0 unspecified atom stereocenters. The van der Waals surface area contributed by atoms with Crippen molar-refractivity contribution in [1.29, 1.82) is 0 Å². The number of ether oxygens (including phenoxy) is 1. The van der Waals surface area contributed by atoms with Crippen molar-refractivity contribution in [3.63, 3.8) is 0 Å². The highest BCUT2D eigenvalue weighted by Gasteiger charge is 2.66. The minimum absolute atomic E-state index is 0.0920. The van der Waals surface area contributed by atoms with Crippen molar-refractivity contribution in [2.45, 2.75) is 36.8 Å². The zero-order valence-corrected chi connectivity index (χ0v) is 20.1. The van der Waals surface area contributed by atoms with E-state index in [0.717, 1.165) is 11.3 Å². The second-order valence-corrected chi connectivity index (χ2v) is 11.4. The molecule has 8 heteroatoms. The smallest absolute Gasteiger partial charge is 0.340 e. The molecule has 0 N–H and O–H groups in total. The van der Waals surface area contributed by atoms with Gasteiger partial charge in [-0.25, -0.2) is 9.69 Å². The Hall–Kier alpha value is -1.54. The Morgan fingerprint density at radius 3 is 2.10 bits per heavy atom. The lowest BCUT2D eigenvalue weighted by Gasteiger charge is -2.28. The monoisotopic (exact) mass is 539 g/mol. The molecule has 0 spiro atoms. The van der Waals surface area contributed by atoms with Gasteiger partial charge in [-0.15, -0.1) is 0 Å². The van der Waals surface area contributed by atoms with Crippen LogP contribution in [0.5, 0.6) is 0 Å². The minimum Gasteiger partial charge on any atom is -0.454 e. The van der Waals surface area contributed by atoms with Gasteiger partial charge in [0.25, 0.3) is 0 Å². The van der Waals surface area contributed by atoms with Gasteiger partial charge in [-0.05, 0) is 30.4 Å². The molecule has 30 heavy (non-hydrogen) atoms. The number of nitrogens with zero attached hydrogens (tertiary/aromatic N) is 1. The summed E-state index contributed by atoms with van der Waals surface area (Å²) < 4.78 is 5.22. The van der Waals surface area contributed by atoms with Gasteiger partial charge in [0.1, 0.15) is 0 Å². The number of fused-ring (bicyclic) bond motifs is 5. The van der Waals surface area contributed by atoms with Gasteiger partial charge in [-0.1, -0.05) is 64.8 Å². The third kappa shape index (κ3) is 3.27. The van der Waals surface area contributed by atoms with E-state index in [4.69, 9.17) is 4.74 Å². The number of carbonyl (C=O) groups is 4. The molecule has 6 nitrogen and oxygen atoms in total. The van der Waals surface area contributed by atoms with Gasteiger partial charge in [-0.3, -0.25) is 14.4 Å². The average molecular weight is 541 g/mol. The molecule has 2 bridgehead atoms. The number of amides is 2. The number of anilines is 1. The zero-order chi connectivity index (χ0) is 22.0. The van der Waals surface area contributed by atoms with Gasteiger partial charge in [-0.2, -0.15) is 0 Å². The zero-order valence-electron chi connectivity index (χ0n) is 16.9. The number of hydrogen-bond acceptors (Lipinski definition) is 5. The van der Waals surface area contributed by atoms with Gasteiger partial charge in [0, 0.05) is 15.1 Å². The molecule has 1 aromatic rings. The van der Waals surface area contributed by atoms with Crippen molar-refractivity contribution in [2.75, 3.05) is 11.5 Å². The third-order valence-electron chi connectivity index (χ3n) is 6.52. The Bertz CT molecular complexity index is 908. The Morgan fingerprint density at radius 1 is 1.03 bits per heavy atom. The average Bonchev–Trinajstić information content (AvgIpc) is 3.30. The lowest BCUT2D eigenvalue weighted by Crippen LogP contribution is -2.37. The first-order chi connectivity index (χ1) is 14.0. The second-order valence-electron chi connectivity index (χ2n) is 9.28. The molecule has 2 saturated carbocycles. The van der Waals surface area contributed by atoms with Gasteiger partial charge < -0.3 is 4.74 Å². The van der Waals surface area contributed by atoms with Crippen molar-refractivity contribution in [1.82, 2.24) is 0 Å². The fraction of sp³-hybridized carbons (Fsp3) is 0.545. The van der Waals surface area contributed by atoms with Crippen LogP contribution >= 0.6 is 31.9 Å². The molecule has 1 aliphatic heterocycles. The molecule has 1 heterocycles. The largest absolute Gasteiger partial charge is 0.454 e. The van der Waals surface area contributed by atoms with Crippen LogP contribution in [0.1, 0.15) is 37.6 Å².